The molecule has 0 fully saturated rings. The SMILES string of the molecule is CCC(CC)(c1ccc(OCC(O)C(C)(C)C)c(C)c1)c1nc(CC(=O)ON)co1. The third-order valence-corrected chi connectivity index (χ3v) is 5.75. The van der Waals surface area contributed by atoms with Gasteiger partial charge in [-0.3, -0.25) is 0 Å². The Morgan fingerprint density at radius 3 is 2.47 bits per heavy atom. The number of carbonyl (C=O) groups is 1. The van der Waals surface area contributed by atoms with Crippen LogP contribution >= 0.6 is 0 Å². The molecule has 30 heavy (non-hydrogen) atoms. The van der Waals surface area contributed by atoms with Gasteiger partial charge in [-0.25, -0.2) is 9.78 Å². The molecule has 7 nitrogen and oxygen atoms in total. The van der Waals surface area contributed by atoms with Gasteiger partial charge in [-0.05, 0) is 42.4 Å². The van der Waals surface area contributed by atoms with Crippen LogP contribution in [0.2, 0.25) is 0 Å². The molecule has 0 amide bonds. The molecule has 0 aliphatic rings. The van der Waals surface area contributed by atoms with Gasteiger partial charge in [0, 0.05) is 0 Å². The number of hydrogen-bond acceptors (Lipinski definition) is 7. The number of carbonyl (C=O) groups excluding carboxylic acids is 1. The minimum atomic E-state index is -0.566. The van der Waals surface area contributed by atoms with Gasteiger partial charge in [-0.15, -0.1) is 0 Å². The number of nitrogens with two attached hydrogens (primary N) is 1. The summed E-state index contributed by atoms with van der Waals surface area (Å²) >= 11 is 0. The van der Waals surface area contributed by atoms with Gasteiger partial charge in [0.15, 0.2) is 0 Å². The summed E-state index contributed by atoms with van der Waals surface area (Å²) in [5.74, 6) is 5.65. The lowest BCUT2D eigenvalue weighted by Gasteiger charge is -2.30. The zero-order valence-electron chi connectivity index (χ0n) is 18.8. The Labute approximate surface area is 178 Å². The number of rotatable bonds is 9. The number of ether oxygens (including phenoxy) is 1. The number of aromatic nitrogens is 1. The van der Waals surface area contributed by atoms with Gasteiger partial charge in [0.2, 0.25) is 5.89 Å². The van der Waals surface area contributed by atoms with Gasteiger partial charge in [0.25, 0.3) is 0 Å². The van der Waals surface area contributed by atoms with Crippen LogP contribution in [0.3, 0.4) is 0 Å². The van der Waals surface area contributed by atoms with Gasteiger partial charge in [-0.2, -0.15) is 5.90 Å². The van der Waals surface area contributed by atoms with Crippen LogP contribution in [0.5, 0.6) is 5.75 Å². The van der Waals surface area contributed by atoms with Crippen molar-refractivity contribution in [3.8, 4) is 5.75 Å². The summed E-state index contributed by atoms with van der Waals surface area (Å²) in [7, 11) is 0. The maximum atomic E-state index is 11.4. The van der Waals surface area contributed by atoms with E-state index < -0.39 is 17.5 Å². The third kappa shape index (κ3) is 5.21. The van der Waals surface area contributed by atoms with Crippen LogP contribution in [-0.4, -0.2) is 28.8 Å². The van der Waals surface area contributed by atoms with Crippen molar-refractivity contribution in [2.45, 2.75) is 72.3 Å². The van der Waals surface area contributed by atoms with Crippen LogP contribution in [0.25, 0.3) is 0 Å². The number of hydrogen-bond donors (Lipinski definition) is 2. The smallest absolute Gasteiger partial charge is 0.330 e. The highest BCUT2D eigenvalue weighted by Crippen LogP contribution is 2.40. The number of benzene rings is 1. The number of aliphatic hydroxyl groups excluding tert-OH is 1. The van der Waals surface area contributed by atoms with Gasteiger partial charge in [0.05, 0.1) is 23.6 Å². The Kier molecular flexibility index (Phi) is 7.66. The van der Waals surface area contributed by atoms with E-state index in [4.69, 9.17) is 15.1 Å². The van der Waals surface area contributed by atoms with Gasteiger partial charge in [-0.1, -0.05) is 46.8 Å². The molecular formula is C23H34N2O5. The number of oxazole rings is 1. The van der Waals surface area contributed by atoms with E-state index in [9.17, 15) is 9.90 Å². The van der Waals surface area contributed by atoms with Crippen LogP contribution in [0.1, 0.15) is 70.2 Å². The van der Waals surface area contributed by atoms with Crippen molar-refractivity contribution in [1.82, 2.24) is 4.98 Å². The van der Waals surface area contributed by atoms with E-state index in [1.165, 1.54) is 6.26 Å². The highest BCUT2D eigenvalue weighted by molar-refractivity contribution is 5.71. The number of nitrogens with zero attached hydrogens (tertiary/aromatic N) is 1. The molecule has 7 heteroatoms. The van der Waals surface area contributed by atoms with E-state index in [-0.39, 0.29) is 18.4 Å². The van der Waals surface area contributed by atoms with E-state index in [2.05, 4.69) is 29.7 Å². The van der Waals surface area contributed by atoms with Crippen LogP contribution in [0, 0.1) is 12.3 Å². The molecule has 1 aromatic heterocycles. The van der Waals surface area contributed by atoms with Crippen LogP contribution in [-0.2, 0) is 21.5 Å². The highest BCUT2D eigenvalue weighted by Gasteiger charge is 2.36. The van der Waals surface area contributed by atoms with Crippen molar-refractivity contribution in [3.05, 3.63) is 47.2 Å². The standard InChI is InChI=1S/C23H34N2O5/c1-7-23(8-2,21-25-17(13-29-21)12-20(27)30-24)16-9-10-18(15(3)11-16)28-14-19(26)22(4,5)6/h9-11,13,19,26H,7-8,12,14,24H2,1-6H3. The Hall–Kier alpha value is -2.38. The molecule has 2 aromatic rings. The molecule has 1 heterocycles. The molecule has 1 aromatic carbocycles. The summed E-state index contributed by atoms with van der Waals surface area (Å²) in [5, 5.41) is 10.2. The predicted octanol–water partition coefficient (Wildman–Crippen LogP) is 3.83. The molecule has 0 saturated heterocycles. The molecule has 0 aliphatic heterocycles. The second kappa shape index (κ2) is 9.62. The summed E-state index contributed by atoms with van der Waals surface area (Å²) in [4.78, 5) is 20.2. The fourth-order valence-corrected chi connectivity index (χ4v) is 3.41. The Morgan fingerprint density at radius 1 is 1.27 bits per heavy atom. The van der Waals surface area contributed by atoms with Crippen molar-refractivity contribution < 1.29 is 23.9 Å². The minimum absolute atomic E-state index is 0.0363. The van der Waals surface area contributed by atoms with Crippen LogP contribution in [0.4, 0.5) is 0 Å². The third-order valence-electron chi connectivity index (χ3n) is 5.75. The molecule has 166 valence electrons. The first-order valence-electron chi connectivity index (χ1n) is 10.3. The highest BCUT2D eigenvalue weighted by atomic mass is 16.7. The number of aliphatic hydroxyl groups is 1. The topological polar surface area (TPSA) is 108 Å². The molecule has 0 bridgehead atoms. The molecule has 0 radical (unpaired) electrons. The fourth-order valence-electron chi connectivity index (χ4n) is 3.41. The van der Waals surface area contributed by atoms with E-state index >= 15 is 0 Å². The summed E-state index contributed by atoms with van der Waals surface area (Å²) in [5.41, 5.74) is 1.84. The van der Waals surface area contributed by atoms with Crippen molar-refractivity contribution in [2.75, 3.05) is 6.61 Å². The largest absolute Gasteiger partial charge is 0.491 e. The molecule has 0 spiro atoms. The quantitative estimate of drug-likeness (QED) is 0.596. The molecule has 1 unspecified atom stereocenters. The average molecular weight is 419 g/mol. The Bertz CT molecular complexity index is 850. The van der Waals surface area contributed by atoms with Crippen LogP contribution < -0.4 is 10.6 Å². The van der Waals surface area contributed by atoms with E-state index in [1.807, 2.05) is 39.8 Å². The zero-order chi connectivity index (χ0) is 22.5. The molecular weight excluding hydrogens is 384 g/mol. The lowest BCUT2D eigenvalue weighted by molar-refractivity contribution is -0.143. The van der Waals surface area contributed by atoms with E-state index in [0.29, 0.717) is 11.6 Å². The van der Waals surface area contributed by atoms with Gasteiger partial charge >= 0.3 is 5.97 Å². The average Bonchev–Trinajstić information content (AvgIpc) is 3.16. The Morgan fingerprint density at radius 2 is 1.93 bits per heavy atom. The normalized spacial score (nSPS) is 13.2. The lowest BCUT2D eigenvalue weighted by Crippen LogP contribution is -2.32. The summed E-state index contributed by atoms with van der Waals surface area (Å²) in [6, 6.07) is 6.01. The van der Waals surface area contributed by atoms with Gasteiger partial charge in [0.1, 0.15) is 18.6 Å². The first-order valence-corrected chi connectivity index (χ1v) is 10.3. The maximum absolute atomic E-state index is 11.4. The van der Waals surface area contributed by atoms with Crippen molar-refractivity contribution >= 4 is 5.97 Å². The van der Waals surface area contributed by atoms with Crippen molar-refractivity contribution in [1.29, 1.82) is 0 Å². The summed E-state index contributed by atoms with van der Waals surface area (Å²) < 4.78 is 11.6. The summed E-state index contributed by atoms with van der Waals surface area (Å²) in [6.07, 6.45) is 2.42. The van der Waals surface area contributed by atoms with E-state index in [1.54, 1.807) is 0 Å². The lowest BCUT2D eigenvalue weighted by atomic mass is 9.75. The number of aryl methyl sites for hydroxylation is 1. The first kappa shape index (κ1) is 23.9. The maximum Gasteiger partial charge on any atom is 0.330 e. The second-order valence-electron chi connectivity index (χ2n) is 8.77. The van der Waals surface area contributed by atoms with E-state index in [0.717, 1.165) is 29.7 Å². The summed E-state index contributed by atoms with van der Waals surface area (Å²) in [6.45, 7) is 12.3. The predicted molar refractivity (Wildman–Crippen MR) is 114 cm³/mol. The molecule has 1 atom stereocenters. The zero-order valence-corrected chi connectivity index (χ0v) is 18.8. The van der Waals surface area contributed by atoms with Crippen molar-refractivity contribution in [3.63, 3.8) is 0 Å². The minimum Gasteiger partial charge on any atom is -0.491 e. The molecule has 2 rings (SSSR count). The monoisotopic (exact) mass is 418 g/mol. The molecule has 0 saturated carbocycles. The van der Waals surface area contributed by atoms with Gasteiger partial charge < -0.3 is 19.1 Å². The molecule has 3 N–H and O–H groups in total. The van der Waals surface area contributed by atoms with Crippen LogP contribution in [0.15, 0.2) is 28.9 Å². The molecule has 0 aliphatic carbocycles. The van der Waals surface area contributed by atoms with Crippen molar-refractivity contribution in [2.24, 2.45) is 11.3 Å². The Balaban J connectivity index is 2.29. The fraction of sp³-hybridized carbons (Fsp3) is 0.565. The second-order valence-corrected chi connectivity index (χ2v) is 8.77. The first-order chi connectivity index (χ1) is 14.1.